The van der Waals surface area contributed by atoms with E-state index in [0.29, 0.717) is 25.8 Å². The molecule has 0 aliphatic rings. The molecule has 0 aliphatic carbocycles. The number of ether oxygens (including phenoxy) is 1. The van der Waals surface area contributed by atoms with Crippen molar-refractivity contribution < 1.29 is 9.13 Å². The summed E-state index contributed by atoms with van der Waals surface area (Å²) in [6.07, 6.45) is 0. The van der Waals surface area contributed by atoms with E-state index in [1.807, 2.05) is 6.07 Å². The molecule has 0 unspecified atom stereocenters. The largest absolute Gasteiger partial charge is 0.487 e. The van der Waals surface area contributed by atoms with E-state index in [4.69, 9.17) is 33.2 Å². The zero-order valence-electron chi connectivity index (χ0n) is 9.96. The van der Waals surface area contributed by atoms with Crippen molar-refractivity contribution in [2.24, 2.45) is 0 Å². The number of hydrogen-bond acceptors (Lipinski definition) is 2. The second-order valence-corrected chi connectivity index (χ2v) is 5.57. The first-order valence-corrected chi connectivity index (χ1v) is 7.02. The van der Waals surface area contributed by atoms with Crippen LogP contribution in [0.4, 0.5) is 4.39 Å². The Morgan fingerprint density at radius 1 is 1.20 bits per heavy atom. The molecular weight excluding hydrogens is 368 g/mol. The Kier molecular flexibility index (Phi) is 4.87. The molecule has 0 fully saturated rings. The van der Waals surface area contributed by atoms with Crippen molar-refractivity contribution in [1.29, 1.82) is 5.26 Å². The van der Waals surface area contributed by atoms with Gasteiger partial charge in [0.2, 0.25) is 0 Å². The van der Waals surface area contributed by atoms with Gasteiger partial charge in [0, 0.05) is 16.1 Å². The van der Waals surface area contributed by atoms with Gasteiger partial charge in [-0.2, -0.15) is 5.26 Å². The third kappa shape index (κ3) is 3.43. The van der Waals surface area contributed by atoms with Gasteiger partial charge in [-0.3, -0.25) is 0 Å². The quantitative estimate of drug-likeness (QED) is 0.678. The van der Waals surface area contributed by atoms with Crippen molar-refractivity contribution in [3.63, 3.8) is 0 Å². The molecule has 0 aromatic heterocycles. The van der Waals surface area contributed by atoms with Gasteiger partial charge in [-0.25, -0.2) is 4.39 Å². The van der Waals surface area contributed by atoms with E-state index in [-0.39, 0.29) is 12.2 Å². The molecule has 0 bridgehead atoms. The van der Waals surface area contributed by atoms with E-state index in [9.17, 15) is 4.39 Å². The molecule has 6 heteroatoms. The van der Waals surface area contributed by atoms with Crippen LogP contribution in [-0.2, 0) is 6.61 Å². The minimum Gasteiger partial charge on any atom is -0.487 e. The maximum absolute atomic E-state index is 13.6. The summed E-state index contributed by atoms with van der Waals surface area (Å²) in [6.45, 7) is -0.0426. The molecular formula is C14H7BrCl2FNO. The fraction of sp³-hybridized carbons (Fsp3) is 0.0714. The maximum Gasteiger partial charge on any atom is 0.139 e. The topological polar surface area (TPSA) is 33.0 Å². The maximum atomic E-state index is 13.6. The Labute approximate surface area is 133 Å². The highest BCUT2D eigenvalue weighted by atomic mass is 79.9. The summed E-state index contributed by atoms with van der Waals surface area (Å²) in [6, 6.07) is 9.15. The highest BCUT2D eigenvalue weighted by Crippen LogP contribution is 2.34. The van der Waals surface area contributed by atoms with E-state index in [2.05, 4.69) is 15.9 Å². The molecule has 0 amide bonds. The average molecular weight is 375 g/mol. The van der Waals surface area contributed by atoms with Crippen LogP contribution in [0.25, 0.3) is 0 Å². The molecule has 0 radical (unpaired) electrons. The normalized spacial score (nSPS) is 10.2. The Hall–Kier alpha value is -1.28. The van der Waals surface area contributed by atoms with Crippen molar-refractivity contribution in [3.8, 4) is 11.8 Å². The Bertz CT molecular complexity index is 700. The molecule has 0 aliphatic heterocycles. The number of nitrogens with zero attached hydrogens (tertiary/aromatic N) is 1. The van der Waals surface area contributed by atoms with Gasteiger partial charge in [-0.15, -0.1) is 0 Å². The summed E-state index contributed by atoms with van der Waals surface area (Å²) in [5.74, 6) is -0.0926. The monoisotopic (exact) mass is 373 g/mol. The molecule has 0 saturated carbocycles. The first-order valence-electron chi connectivity index (χ1n) is 5.47. The van der Waals surface area contributed by atoms with Gasteiger partial charge in [-0.05, 0) is 40.2 Å². The predicted molar refractivity (Wildman–Crippen MR) is 79.6 cm³/mol. The SMILES string of the molecule is N#Cc1ccc(F)c(COc2cc(Cl)c(Br)cc2Cl)c1. The van der Waals surface area contributed by atoms with Gasteiger partial charge >= 0.3 is 0 Å². The standard InChI is InChI=1S/C14H7BrCl2FNO/c15-10-4-12(17)14(5-11(10)16)20-7-9-3-8(6-19)1-2-13(9)18/h1-5H,7H2. The summed E-state index contributed by atoms with van der Waals surface area (Å²) >= 11 is 15.2. The molecule has 20 heavy (non-hydrogen) atoms. The van der Waals surface area contributed by atoms with E-state index >= 15 is 0 Å². The zero-order valence-corrected chi connectivity index (χ0v) is 13.1. The van der Waals surface area contributed by atoms with Gasteiger partial charge in [0.25, 0.3) is 0 Å². The lowest BCUT2D eigenvalue weighted by Gasteiger charge is -2.10. The lowest BCUT2D eigenvalue weighted by Crippen LogP contribution is -1.99. The fourth-order valence-corrected chi connectivity index (χ4v) is 2.37. The molecule has 102 valence electrons. The molecule has 0 heterocycles. The number of benzene rings is 2. The number of halogens is 4. The van der Waals surface area contributed by atoms with E-state index in [1.54, 1.807) is 12.1 Å². The first kappa shape index (κ1) is 15.1. The third-order valence-corrected chi connectivity index (χ3v) is 4.03. The van der Waals surface area contributed by atoms with E-state index < -0.39 is 5.82 Å². The second-order valence-electron chi connectivity index (χ2n) is 3.90. The lowest BCUT2D eigenvalue weighted by atomic mass is 10.1. The van der Waals surface area contributed by atoms with Crippen LogP contribution >= 0.6 is 39.1 Å². The van der Waals surface area contributed by atoms with Gasteiger partial charge in [-0.1, -0.05) is 23.2 Å². The van der Waals surface area contributed by atoms with Crippen LogP contribution in [0.1, 0.15) is 11.1 Å². The fourth-order valence-electron chi connectivity index (χ4n) is 1.53. The predicted octanol–water partition coefficient (Wildman–Crippen LogP) is 5.35. The average Bonchev–Trinajstić information content (AvgIpc) is 2.43. The molecule has 2 nitrogen and oxygen atoms in total. The van der Waals surface area contributed by atoms with Crippen molar-refractivity contribution in [2.75, 3.05) is 0 Å². The van der Waals surface area contributed by atoms with Crippen molar-refractivity contribution in [2.45, 2.75) is 6.61 Å². The molecule has 0 spiro atoms. The summed E-state index contributed by atoms with van der Waals surface area (Å²) < 4.78 is 19.7. The van der Waals surface area contributed by atoms with Crippen LogP contribution in [0.15, 0.2) is 34.8 Å². The highest BCUT2D eigenvalue weighted by Gasteiger charge is 2.09. The van der Waals surface area contributed by atoms with E-state index in [0.717, 1.165) is 0 Å². The second kappa shape index (κ2) is 6.45. The van der Waals surface area contributed by atoms with Crippen LogP contribution < -0.4 is 4.74 Å². The summed E-state index contributed by atoms with van der Waals surface area (Å²) in [7, 11) is 0. The molecule has 2 rings (SSSR count). The Balaban J connectivity index is 2.21. The zero-order chi connectivity index (χ0) is 14.7. The summed E-state index contributed by atoms with van der Waals surface area (Å²) in [5.41, 5.74) is 0.643. The molecule has 0 saturated heterocycles. The molecule has 0 atom stereocenters. The van der Waals surface area contributed by atoms with E-state index in [1.165, 1.54) is 18.2 Å². The van der Waals surface area contributed by atoms with Crippen LogP contribution in [-0.4, -0.2) is 0 Å². The number of nitriles is 1. The molecule has 2 aromatic rings. The van der Waals surface area contributed by atoms with Gasteiger partial charge in [0.15, 0.2) is 0 Å². The van der Waals surface area contributed by atoms with Crippen molar-refractivity contribution in [3.05, 3.63) is 61.8 Å². The smallest absolute Gasteiger partial charge is 0.139 e. The summed E-state index contributed by atoms with van der Waals surface area (Å²) in [4.78, 5) is 0. The first-order chi connectivity index (χ1) is 9.51. The lowest BCUT2D eigenvalue weighted by molar-refractivity contribution is 0.300. The van der Waals surface area contributed by atoms with Gasteiger partial charge in [0.1, 0.15) is 18.2 Å². The van der Waals surface area contributed by atoms with Crippen LogP contribution in [0.5, 0.6) is 5.75 Å². The van der Waals surface area contributed by atoms with Gasteiger partial charge < -0.3 is 4.74 Å². The van der Waals surface area contributed by atoms with Crippen molar-refractivity contribution in [1.82, 2.24) is 0 Å². The minimum atomic E-state index is -0.441. The Morgan fingerprint density at radius 3 is 2.65 bits per heavy atom. The molecule has 2 aromatic carbocycles. The van der Waals surface area contributed by atoms with Crippen LogP contribution in [0, 0.1) is 17.1 Å². The van der Waals surface area contributed by atoms with Crippen molar-refractivity contribution >= 4 is 39.1 Å². The minimum absolute atomic E-state index is 0.0426. The molecule has 0 N–H and O–H groups in total. The number of hydrogen-bond donors (Lipinski definition) is 0. The number of rotatable bonds is 3. The highest BCUT2D eigenvalue weighted by molar-refractivity contribution is 9.10. The van der Waals surface area contributed by atoms with Gasteiger partial charge in [0.05, 0.1) is 21.7 Å². The summed E-state index contributed by atoms with van der Waals surface area (Å²) in [5, 5.41) is 9.59. The van der Waals surface area contributed by atoms with Crippen LogP contribution in [0.3, 0.4) is 0 Å². The Morgan fingerprint density at radius 2 is 1.95 bits per heavy atom. The third-order valence-electron chi connectivity index (χ3n) is 2.53. The van der Waals surface area contributed by atoms with Crippen LogP contribution in [0.2, 0.25) is 10.0 Å².